The molecule has 0 aliphatic rings. The summed E-state index contributed by atoms with van der Waals surface area (Å²) >= 11 is 1.82. The van der Waals surface area contributed by atoms with Crippen molar-refractivity contribution in [1.82, 2.24) is 19.9 Å². The van der Waals surface area contributed by atoms with Crippen molar-refractivity contribution in [3.05, 3.63) is 146 Å². The maximum atomic E-state index is 5.38. The SMILES string of the molecule is c1ccc(-c2nc(-c3ccccc3)nc(-c3ccc(-c4nc5c(ccc6c7ccccc7sc65)c5ccccc45)cc3)n2)cc1. The van der Waals surface area contributed by atoms with Crippen molar-refractivity contribution >= 4 is 53.2 Å². The zero-order valence-corrected chi connectivity index (χ0v) is 24.9. The Morgan fingerprint density at radius 3 is 1.47 bits per heavy atom. The molecule has 9 rings (SSSR count). The number of nitrogens with zero attached hydrogens (tertiary/aromatic N) is 4. The van der Waals surface area contributed by atoms with Crippen LogP contribution in [-0.4, -0.2) is 19.9 Å². The van der Waals surface area contributed by atoms with E-state index in [2.05, 4.69) is 84.9 Å². The molecule has 3 heterocycles. The number of benzene rings is 6. The van der Waals surface area contributed by atoms with Gasteiger partial charge in [0, 0.05) is 48.5 Å². The highest BCUT2D eigenvalue weighted by molar-refractivity contribution is 7.26. The summed E-state index contributed by atoms with van der Waals surface area (Å²) in [5.74, 6) is 1.94. The Morgan fingerprint density at radius 1 is 0.333 bits per heavy atom. The molecule has 0 saturated carbocycles. The van der Waals surface area contributed by atoms with Crippen molar-refractivity contribution in [3.63, 3.8) is 0 Å². The molecular formula is C40H24N4S. The predicted molar refractivity (Wildman–Crippen MR) is 187 cm³/mol. The topological polar surface area (TPSA) is 51.6 Å². The lowest BCUT2D eigenvalue weighted by atomic mass is 9.98. The second-order valence-electron chi connectivity index (χ2n) is 11.1. The lowest BCUT2D eigenvalue weighted by Crippen LogP contribution is -2.00. The average Bonchev–Trinajstić information content (AvgIpc) is 3.51. The van der Waals surface area contributed by atoms with E-state index in [1.165, 1.54) is 30.9 Å². The molecule has 4 nitrogen and oxygen atoms in total. The van der Waals surface area contributed by atoms with Crippen molar-refractivity contribution in [2.24, 2.45) is 0 Å². The normalized spacial score (nSPS) is 11.6. The van der Waals surface area contributed by atoms with Crippen LogP contribution >= 0.6 is 11.3 Å². The summed E-state index contributed by atoms with van der Waals surface area (Å²) in [6.07, 6.45) is 0. The number of thiophene rings is 1. The Labute approximate surface area is 263 Å². The van der Waals surface area contributed by atoms with Gasteiger partial charge in [-0.05, 0) is 11.5 Å². The third-order valence-electron chi connectivity index (χ3n) is 8.33. The van der Waals surface area contributed by atoms with E-state index in [4.69, 9.17) is 19.9 Å². The van der Waals surface area contributed by atoms with Crippen LogP contribution in [0.1, 0.15) is 0 Å². The molecule has 0 aliphatic carbocycles. The second kappa shape index (κ2) is 10.4. The van der Waals surface area contributed by atoms with E-state index in [-0.39, 0.29) is 0 Å². The zero-order valence-electron chi connectivity index (χ0n) is 24.1. The van der Waals surface area contributed by atoms with Gasteiger partial charge in [-0.3, -0.25) is 0 Å². The molecule has 0 aliphatic heterocycles. The van der Waals surface area contributed by atoms with E-state index in [9.17, 15) is 0 Å². The molecule has 45 heavy (non-hydrogen) atoms. The van der Waals surface area contributed by atoms with Gasteiger partial charge in [0.15, 0.2) is 17.5 Å². The molecule has 0 radical (unpaired) electrons. The van der Waals surface area contributed by atoms with Gasteiger partial charge in [-0.1, -0.05) is 140 Å². The van der Waals surface area contributed by atoms with E-state index in [0.717, 1.165) is 38.9 Å². The Hall–Kier alpha value is -5.78. The van der Waals surface area contributed by atoms with E-state index in [1.54, 1.807) is 0 Å². The van der Waals surface area contributed by atoms with Crippen molar-refractivity contribution in [2.75, 3.05) is 0 Å². The zero-order chi connectivity index (χ0) is 29.7. The van der Waals surface area contributed by atoms with E-state index in [1.807, 2.05) is 72.0 Å². The summed E-state index contributed by atoms with van der Waals surface area (Å²) in [4.78, 5) is 20.0. The van der Waals surface area contributed by atoms with Crippen LogP contribution in [0.15, 0.2) is 146 Å². The quantitative estimate of drug-likeness (QED) is 0.191. The maximum Gasteiger partial charge on any atom is 0.164 e. The number of aromatic nitrogens is 4. The van der Waals surface area contributed by atoms with Gasteiger partial charge in [0.25, 0.3) is 0 Å². The summed E-state index contributed by atoms with van der Waals surface area (Å²) in [5, 5.41) is 6.06. The summed E-state index contributed by atoms with van der Waals surface area (Å²) in [5.41, 5.74) is 5.90. The minimum Gasteiger partial charge on any atom is -0.246 e. The molecule has 0 saturated heterocycles. The predicted octanol–water partition coefficient (Wildman–Crippen LogP) is 10.6. The molecule has 5 heteroatoms. The van der Waals surface area contributed by atoms with Crippen LogP contribution in [-0.2, 0) is 0 Å². The van der Waals surface area contributed by atoms with E-state index >= 15 is 0 Å². The first-order chi connectivity index (χ1) is 22.3. The summed E-state index contributed by atoms with van der Waals surface area (Å²) < 4.78 is 2.51. The molecule has 0 amide bonds. The van der Waals surface area contributed by atoms with Crippen LogP contribution in [0, 0.1) is 0 Å². The Kier molecular flexibility index (Phi) is 5.96. The standard InChI is InChI=1S/C40H24N4S/c1-3-11-26(12-4-1)38-42-39(27-13-5-2-6-14-27)44-40(43-38)28-21-19-25(20-22-28)35-31-17-8-7-15-29(31)32-23-24-33-30-16-9-10-18-34(30)45-37(33)36(32)41-35/h1-24H. The molecule has 0 bridgehead atoms. The molecule has 6 aromatic carbocycles. The Morgan fingerprint density at radius 2 is 0.822 bits per heavy atom. The van der Waals surface area contributed by atoms with Crippen LogP contribution in [0.25, 0.3) is 87.3 Å². The van der Waals surface area contributed by atoms with Crippen LogP contribution in [0.3, 0.4) is 0 Å². The summed E-state index contributed by atoms with van der Waals surface area (Å²) in [7, 11) is 0. The molecule has 9 aromatic rings. The van der Waals surface area contributed by atoms with Crippen LogP contribution in [0.2, 0.25) is 0 Å². The van der Waals surface area contributed by atoms with Crippen molar-refractivity contribution in [2.45, 2.75) is 0 Å². The molecule has 0 unspecified atom stereocenters. The minimum atomic E-state index is 0.637. The molecule has 0 spiro atoms. The van der Waals surface area contributed by atoms with Crippen molar-refractivity contribution in [3.8, 4) is 45.4 Å². The smallest absolute Gasteiger partial charge is 0.164 e. The van der Waals surface area contributed by atoms with Gasteiger partial charge in [0.05, 0.1) is 15.9 Å². The minimum absolute atomic E-state index is 0.637. The first-order valence-electron chi connectivity index (χ1n) is 14.9. The van der Waals surface area contributed by atoms with Gasteiger partial charge in [-0.15, -0.1) is 11.3 Å². The lowest BCUT2D eigenvalue weighted by Gasteiger charge is -2.12. The van der Waals surface area contributed by atoms with Gasteiger partial charge < -0.3 is 0 Å². The number of pyridine rings is 1. The van der Waals surface area contributed by atoms with Crippen LogP contribution < -0.4 is 0 Å². The van der Waals surface area contributed by atoms with E-state index in [0.29, 0.717) is 17.5 Å². The molecule has 0 fully saturated rings. The number of hydrogen-bond acceptors (Lipinski definition) is 5. The number of fused-ring (bicyclic) bond motifs is 7. The van der Waals surface area contributed by atoms with Gasteiger partial charge in [0.1, 0.15) is 0 Å². The Balaban J connectivity index is 1.21. The summed E-state index contributed by atoms with van der Waals surface area (Å²) in [6.45, 7) is 0. The second-order valence-corrected chi connectivity index (χ2v) is 12.1. The molecule has 0 atom stereocenters. The van der Waals surface area contributed by atoms with Crippen LogP contribution in [0.4, 0.5) is 0 Å². The van der Waals surface area contributed by atoms with Gasteiger partial charge in [0.2, 0.25) is 0 Å². The fourth-order valence-corrected chi connectivity index (χ4v) is 7.33. The van der Waals surface area contributed by atoms with E-state index < -0.39 is 0 Å². The first kappa shape index (κ1) is 25.7. The van der Waals surface area contributed by atoms with Crippen molar-refractivity contribution < 1.29 is 0 Å². The highest BCUT2D eigenvalue weighted by Gasteiger charge is 2.16. The monoisotopic (exact) mass is 592 g/mol. The van der Waals surface area contributed by atoms with Crippen molar-refractivity contribution in [1.29, 1.82) is 0 Å². The first-order valence-corrected chi connectivity index (χ1v) is 15.7. The molecule has 3 aromatic heterocycles. The third-order valence-corrected chi connectivity index (χ3v) is 9.53. The fraction of sp³-hybridized carbons (Fsp3) is 0. The third kappa shape index (κ3) is 4.36. The van der Waals surface area contributed by atoms with Crippen LogP contribution in [0.5, 0.6) is 0 Å². The highest BCUT2D eigenvalue weighted by atomic mass is 32.1. The number of rotatable bonds is 4. The Bertz CT molecular complexity index is 2460. The molecule has 0 N–H and O–H groups in total. The highest BCUT2D eigenvalue weighted by Crippen LogP contribution is 2.41. The van der Waals surface area contributed by atoms with Gasteiger partial charge >= 0.3 is 0 Å². The molecule has 210 valence electrons. The number of hydrogen-bond donors (Lipinski definition) is 0. The molecular weight excluding hydrogens is 569 g/mol. The van der Waals surface area contributed by atoms with Gasteiger partial charge in [-0.2, -0.15) is 0 Å². The average molecular weight is 593 g/mol. The van der Waals surface area contributed by atoms with Gasteiger partial charge in [-0.25, -0.2) is 19.9 Å². The maximum absolute atomic E-state index is 5.38. The largest absolute Gasteiger partial charge is 0.246 e. The summed E-state index contributed by atoms with van der Waals surface area (Å²) in [6, 6.07) is 50.2. The fourth-order valence-electron chi connectivity index (χ4n) is 6.13. The lowest BCUT2D eigenvalue weighted by molar-refractivity contribution is 1.07.